The predicted octanol–water partition coefficient (Wildman–Crippen LogP) is 1.93. The number of nitrogens with one attached hydrogen (secondary N) is 1. The zero-order valence-corrected chi connectivity index (χ0v) is 15.2. The molecule has 2 amide bonds. The third-order valence-corrected chi connectivity index (χ3v) is 4.33. The molecule has 0 atom stereocenters. The number of hydrogen-bond donors (Lipinski definition) is 2. The Morgan fingerprint density at radius 3 is 2.56 bits per heavy atom. The van der Waals surface area contributed by atoms with Crippen LogP contribution in [0.1, 0.15) is 15.9 Å². The number of thiophene rings is 1. The summed E-state index contributed by atoms with van der Waals surface area (Å²) < 4.78 is 10.5. The Morgan fingerprint density at radius 1 is 1.20 bits per heavy atom. The van der Waals surface area contributed by atoms with Crippen LogP contribution in [0.4, 0.5) is 5.00 Å². The van der Waals surface area contributed by atoms with E-state index < -0.39 is 5.91 Å². The van der Waals surface area contributed by atoms with Gasteiger partial charge in [-0.15, -0.1) is 11.3 Å². The fourth-order valence-corrected chi connectivity index (χ4v) is 3.17. The minimum absolute atomic E-state index is 0.171. The van der Waals surface area contributed by atoms with E-state index in [2.05, 4.69) is 5.32 Å². The Labute approximate surface area is 150 Å². The molecule has 0 radical (unpaired) electrons. The zero-order valence-electron chi connectivity index (χ0n) is 14.4. The normalized spacial score (nSPS) is 10.6. The molecule has 7 nitrogen and oxygen atoms in total. The molecule has 0 aliphatic heterocycles. The van der Waals surface area contributed by atoms with Crippen molar-refractivity contribution in [3.63, 3.8) is 0 Å². The second-order valence-corrected chi connectivity index (χ2v) is 6.35. The Hall–Kier alpha value is -2.58. The van der Waals surface area contributed by atoms with E-state index >= 15 is 0 Å². The van der Waals surface area contributed by atoms with E-state index in [9.17, 15) is 9.59 Å². The average molecular weight is 363 g/mol. The molecule has 0 fully saturated rings. The Kier molecular flexibility index (Phi) is 6.37. The fraction of sp³-hybridized carbons (Fsp3) is 0.294. The van der Waals surface area contributed by atoms with Gasteiger partial charge in [-0.2, -0.15) is 0 Å². The van der Waals surface area contributed by atoms with Crippen LogP contribution < -0.4 is 20.5 Å². The van der Waals surface area contributed by atoms with Gasteiger partial charge in [-0.25, -0.2) is 0 Å². The maximum Gasteiger partial charge on any atom is 0.251 e. The number of anilines is 1. The highest BCUT2D eigenvalue weighted by molar-refractivity contribution is 7.14. The van der Waals surface area contributed by atoms with Crippen LogP contribution >= 0.6 is 11.3 Å². The van der Waals surface area contributed by atoms with Crippen LogP contribution in [0.5, 0.6) is 11.5 Å². The second-order valence-electron chi connectivity index (χ2n) is 5.44. The van der Waals surface area contributed by atoms with Gasteiger partial charge in [-0.3, -0.25) is 14.5 Å². The van der Waals surface area contributed by atoms with Gasteiger partial charge in [-0.05, 0) is 36.2 Å². The largest absolute Gasteiger partial charge is 0.493 e. The van der Waals surface area contributed by atoms with E-state index in [4.69, 9.17) is 15.2 Å². The van der Waals surface area contributed by atoms with Crippen molar-refractivity contribution in [3.05, 3.63) is 40.8 Å². The molecule has 25 heavy (non-hydrogen) atoms. The summed E-state index contributed by atoms with van der Waals surface area (Å²) >= 11 is 1.26. The van der Waals surface area contributed by atoms with E-state index in [-0.39, 0.29) is 12.5 Å². The minimum atomic E-state index is -0.560. The molecule has 0 saturated carbocycles. The third-order valence-electron chi connectivity index (χ3n) is 3.50. The average Bonchev–Trinajstić information content (AvgIpc) is 3.02. The summed E-state index contributed by atoms with van der Waals surface area (Å²) in [6, 6.07) is 7.21. The van der Waals surface area contributed by atoms with E-state index in [1.807, 2.05) is 30.1 Å². The standard InChI is InChI=1S/C17H21N3O4S/c1-20(9-11-4-5-13(23-2)14(8-11)24-3)10-15(21)19-17-12(16(18)22)6-7-25-17/h4-8H,9-10H2,1-3H3,(H2,18,22)(H,19,21). The molecule has 2 aromatic rings. The number of methoxy groups -OCH3 is 2. The summed E-state index contributed by atoms with van der Waals surface area (Å²) in [7, 11) is 4.99. The molecule has 0 aliphatic carbocycles. The zero-order chi connectivity index (χ0) is 18.4. The Morgan fingerprint density at radius 2 is 1.92 bits per heavy atom. The number of ether oxygens (including phenoxy) is 2. The maximum absolute atomic E-state index is 12.2. The van der Waals surface area contributed by atoms with Crippen molar-refractivity contribution >= 4 is 28.2 Å². The molecule has 2 rings (SSSR count). The highest BCUT2D eigenvalue weighted by Crippen LogP contribution is 2.28. The molecular weight excluding hydrogens is 342 g/mol. The number of primary amides is 1. The Bertz CT molecular complexity index is 760. The number of carbonyl (C=O) groups is 2. The third kappa shape index (κ3) is 4.94. The summed E-state index contributed by atoms with van der Waals surface area (Å²) in [5.74, 6) is 0.522. The first kappa shape index (κ1) is 18.8. The van der Waals surface area contributed by atoms with Gasteiger partial charge < -0.3 is 20.5 Å². The lowest BCUT2D eigenvalue weighted by Gasteiger charge is -2.17. The minimum Gasteiger partial charge on any atom is -0.493 e. The number of nitrogens with zero attached hydrogens (tertiary/aromatic N) is 1. The maximum atomic E-state index is 12.2. The lowest BCUT2D eigenvalue weighted by Crippen LogP contribution is -2.30. The predicted molar refractivity (Wildman–Crippen MR) is 97.3 cm³/mol. The van der Waals surface area contributed by atoms with Gasteiger partial charge in [0.25, 0.3) is 5.91 Å². The highest BCUT2D eigenvalue weighted by atomic mass is 32.1. The van der Waals surface area contributed by atoms with Crippen LogP contribution in [0, 0.1) is 0 Å². The first-order valence-corrected chi connectivity index (χ1v) is 8.39. The summed E-state index contributed by atoms with van der Waals surface area (Å²) in [6.45, 7) is 0.728. The van der Waals surface area contributed by atoms with Crippen LogP contribution in [-0.2, 0) is 11.3 Å². The van der Waals surface area contributed by atoms with Gasteiger partial charge >= 0.3 is 0 Å². The molecular formula is C17H21N3O4S. The molecule has 0 spiro atoms. The summed E-state index contributed by atoms with van der Waals surface area (Å²) in [5, 5.41) is 4.90. The SMILES string of the molecule is COc1ccc(CN(C)CC(=O)Nc2sccc2C(N)=O)cc1OC. The summed E-state index contributed by atoms with van der Waals surface area (Å²) in [6.07, 6.45) is 0. The number of carbonyl (C=O) groups excluding carboxylic acids is 2. The number of hydrogen-bond acceptors (Lipinski definition) is 6. The molecule has 1 aromatic heterocycles. The number of amides is 2. The lowest BCUT2D eigenvalue weighted by molar-refractivity contribution is -0.117. The Balaban J connectivity index is 1.95. The van der Waals surface area contributed by atoms with Crippen LogP contribution in [0.25, 0.3) is 0 Å². The van der Waals surface area contributed by atoms with Crippen molar-refractivity contribution < 1.29 is 19.1 Å². The summed E-state index contributed by atoms with van der Waals surface area (Å²) in [5.41, 5.74) is 6.58. The molecule has 0 aliphatic rings. The monoisotopic (exact) mass is 363 g/mol. The van der Waals surface area contributed by atoms with Crippen LogP contribution in [-0.4, -0.2) is 44.5 Å². The van der Waals surface area contributed by atoms with Crippen molar-refractivity contribution in [1.29, 1.82) is 0 Å². The molecule has 1 aromatic carbocycles. The smallest absolute Gasteiger partial charge is 0.251 e. The lowest BCUT2D eigenvalue weighted by atomic mass is 10.2. The first-order chi connectivity index (χ1) is 11.9. The number of benzene rings is 1. The van der Waals surface area contributed by atoms with Crippen molar-refractivity contribution in [1.82, 2.24) is 4.90 Å². The van der Waals surface area contributed by atoms with Crippen LogP contribution in [0.15, 0.2) is 29.6 Å². The highest BCUT2D eigenvalue weighted by Gasteiger charge is 2.14. The first-order valence-electron chi connectivity index (χ1n) is 7.51. The molecule has 0 bridgehead atoms. The van der Waals surface area contributed by atoms with Crippen molar-refractivity contribution in [2.75, 3.05) is 33.1 Å². The number of likely N-dealkylation sites (N-methyl/N-ethyl adjacent to an activating group) is 1. The van der Waals surface area contributed by atoms with Gasteiger partial charge in [0.1, 0.15) is 5.00 Å². The molecule has 0 saturated heterocycles. The van der Waals surface area contributed by atoms with Gasteiger partial charge in [0.05, 0.1) is 26.3 Å². The molecule has 1 heterocycles. The van der Waals surface area contributed by atoms with Crippen molar-refractivity contribution in [3.8, 4) is 11.5 Å². The van der Waals surface area contributed by atoms with Crippen LogP contribution in [0.2, 0.25) is 0 Å². The topological polar surface area (TPSA) is 93.9 Å². The molecule has 0 unspecified atom stereocenters. The molecule has 3 N–H and O–H groups in total. The number of nitrogens with two attached hydrogens (primary N) is 1. The van der Waals surface area contributed by atoms with Crippen molar-refractivity contribution in [2.24, 2.45) is 5.73 Å². The van der Waals surface area contributed by atoms with Gasteiger partial charge in [0.2, 0.25) is 5.91 Å². The molecule has 134 valence electrons. The molecule has 8 heteroatoms. The van der Waals surface area contributed by atoms with Crippen LogP contribution in [0.3, 0.4) is 0 Å². The van der Waals surface area contributed by atoms with E-state index in [0.29, 0.717) is 28.6 Å². The quantitative estimate of drug-likeness (QED) is 0.747. The summed E-state index contributed by atoms with van der Waals surface area (Å²) in [4.78, 5) is 25.3. The van der Waals surface area contributed by atoms with E-state index in [0.717, 1.165) is 5.56 Å². The van der Waals surface area contributed by atoms with Crippen molar-refractivity contribution in [2.45, 2.75) is 6.54 Å². The van der Waals surface area contributed by atoms with E-state index in [1.54, 1.807) is 25.7 Å². The van der Waals surface area contributed by atoms with Gasteiger partial charge in [-0.1, -0.05) is 6.07 Å². The number of rotatable bonds is 8. The van der Waals surface area contributed by atoms with Gasteiger partial charge in [0.15, 0.2) is 11.5 Å². The fourth-order valence-electron chi connectivity index (χ4n) is 2.36. The van der Waals surface area contributed by atoms with E-state index in [1.165, 1.54) is 11.3 Å². The van der Waals surface area contributed by atoms with Gasteiger partial charge in [0, 0.05) is 6.54 Å². The second kappa shape index (κ2) is 8.50.